The Labute approximate surface area is 222 Å². The number of phenolic OH excluding ortho intramolecular Hbond substituents is 1. The van der Waals surface area contributed by atoms with Gasteiger partial charge in [0.05, 0.1) is 6.61 Å². The third-order valence-electron chi connectivity index (χ3n) is 5.40. The van der Waals surface area contributed by atoms with Gasteiger partial charge < -0.3 is 30.5 Å². The Balaban J connectivity index is 2.47. The summed E-state index contributed by atoms with van der Waals surface area (Å²) in [6, 6.07) is 11.1. The second-order valence-electron chi connectivity index (χ2n) is 9.53. The van der Waals surface area contributed by atoms with Crippen molar-refractivity contribution in [2.75, 3.05) is 30.5 Å². The van der Waals surface area contributed by atoms with Gasteiger partial charge >= 0.3 is 6.09 Å². The molecule has 0 aromatic heterocycles. The number of amides is 3. The molecule has 2 rings (SSSR count). The molecular formula is C27H37N3O6S. The number of nitrogens with zero attached hydrogens (tertiary/aromatic N) is 1. The molecule has 0 radical (unpaired) electrons. The van der Waals surface area contributed by atoms with Crippen LogP contribution in [0, 0.1) is 6.92 Å². The van der Waals surface area contributed by atoms with E-state index in [0.717, 1.165) is 5.56 Å². The lowest BCUT2D eigenvalue weighted by molar-refractivity contribution is -0.141. The summed E-state index contributed by atoms with van der Waals surface area (Å²) in [5.74, 6) is -0.459. The standard InChI is InChI=1S/C27H37N3O6S/c1-18-8-6-7-9-21(18)28-24(33)23(19-10-12-20(32)13-11-19)30(15-16-31)25(34)22(14-17-37-5)29-26(35)36-27(2,3)4/h6-13,22-23,31-32H,14-17H2,1-5H3,(H,28,33)(H,29,35). The second kappa shape index (κ2) is 13.9. The smallest absolute Gasteiger partial charge is 0.408 e. The predicted molar refractivity (Wildman–Crippen MR) is 146 cm³/mol. The van der Waals surface area contributed by atoms with Crippen molar-refractivity contribution in [3.63, 3.8) is 0 Å². The van der Waals surface area contributed by atoms with Crippen molar-refractivity contribution in [1.82, 2.24) is 10.2 Å². The van der Waals surface area contributed by atoms with Crippen molar-refractivity contribution in [1.29, 1.82) is 0 Å². The number of rotatable bonds is 11. The van der Waals surface area contributed by atoms with Crippen molar-refractivity contribution in [3.8, 4) is 5.75 Å². The number of para-hydroxylation sites is 1. The molecule has 0 bridgehead atoms. The summed E-state index contributed by atoms with van der Waals surface area (Å²) in [4.78, 5) is 41.3. The molecule has 0 aliphatic carbocycles. The van der Waals surface area contributed by atoms with Crippen LogP contribution in [-0.4, -0.2) is 69.8 Å². The van der Waals surface area contributed by atoms with Crippen molar-refractivity contribution in [2.45, 2.75) is 51.8 Å². The molecule has 37 heavy (non-hydrogen) atoms. The zero-order valence-electron chi connectivity index (χ0n) is 22.0. The number of hydrogen-bond acceptors (Lipinski definition) is 7. The van der Waals surface area contributed by atoms with Gasteiger partial charge in [-0.2, -0.15) is 11.8 Å². The van der Waals surface area contributed by atoms with Crippen molar-refractivity contribution < 1.29 is 29.3 Å². The number of aryl methyl sites for hydroxylation is 1. The molecule has 2 aromatic carbocycles. The Morgan fingerprint density at radius 2 is 1.73 bits per heavy atom. The number of benzene rings is 2. The summed E-state index contributed by atoms with van der Waals surface area (Å²) in [7, 11) is 0. The average Bonchev–Trinajstić information content (AvgIpc) is 2.82. The van der Waals surface area contributed by atoms with E-state index >= 15 is 0 Å². The minimum atomic E-state index is -1.14. The van der Waals surface area contributed by atoms with Gasteiger partial charge in [0.1, 0.15) is 23.4 Å². The zero-order chi connectivity index (χ0) is 27.6. The van der Waals surface area contributed by atoms with Crippen LogP contribution in [-0.2, 0) is 14.3 Å². The van der Waals surface area contributed by atoms with Gasteiger partial charge in [0.25, 0.3) is 5.91 Å². The van der Waals surface area contributed by atoms with Gasteiger partial charge in [-0.15, -0.1) is 0 Å². The van der Waals surface area contributed by atoms with Gasteiger partial charge in [0.2, 0.25) is 5.91 Å². The van der Waals surface area contributed by atoms with Gasteiger partial charge in [-0.3, -0.25) is 9.59 Å². The quantitative estimate of drug-likeness (QED) is 0.347. The average molecular weight is 532 g/mol. The number of carbonyl (C=O) groups excluding carboxylic acids is 3. The predicted octanol–water partition coefficient (Wildman–Crippen LogP) is 3.85. The van der Waals surface area contributed by atoms with Gasteiger partial charge in [-0.05, 0) is 75.5 Å². The van der Waals surface area contributed by atoms with E-state index in [9.17, 15) is 24.6 Å². The number of hydrogen-bond donors (Lipinski definition) is 4. The number of aliphatic hydroxyl groups excluding tert-OH is 1. The largest absolute Gasteiger partial charge is 0.508 e. The molecule has 2 atom stereocenters. The lowest BCUT2D eigenvalue weighted by Gasteiger charge is -2.34. The third kappa shape index (κ3) is 9.29. The summed E-state index contributed by atoms with van der Waals surface area (Å²) in [6.45, 7) is 6.46. The Morgan fingerprint density at radius 3 is 2.30 bits per heavy atom. The molecule has 0 heterocycles. The summed E-state index contributed by atoms with van der Waals surface area (Å²) in [5.41, 5.74) is 1.10. The van der Waals surface area contributed by atoms with Crippen LogP contribution in [0.5, 0.6) is 5.75 Å². The molecule has 0 aliphatic heterocycles. The van der Waals surface area contributed by atoms with E-state index in [1.807, 2.05) is 25.3 Å². The van der Waals surface area contributed by atoms with Gasteiger partial charge in [-0.1, -0.05) is 30.3 Å². The molecule has 0 fully saturated rings. The molecule has 202 valence electrons. The molecule has 0 aliphatic rings. The topological polar surface area (TPSA) is 128 Å². The first kappa shape index (κ1) is 30.0. The minimum Gasteiger partial charge on any atom is -0.508 e. The van der Waals surface area contributed by atoms with Crippen LogP contribution in [0.2, 0.25) is 0 Å². The molecule has 2 unspecified atom stereocenters. The van der Waals surface area contributed by atoms with Crippen LogP contribution >= 0.6 is 11.8 Å². The Morgan fingerprint density at radius 1 is 1.08 bits per heavy atom. The number of aliphatic hydroxyl groups is 1. The molecule has 0 spiro atoms. The van der Waals surface area contributed by atoms with Crippen LogP contribution in [0.3, 0.4) is 0 Å². The highest BCUT2D eigenvalue weighted by Gasteiger charge is 2.36. The maximum atomic E-state index is 13.9. The normalized spacial score (nSPS) is 12.8. The molecule has 9 nitrogen and oxygen atoms in total. The number of alkyl carbamates (subject to hydrolysis) is 1. The first-order valence-corrected chi connectivity index (χ1v) is 13.4. The fraction of sp³-hybridized carbons (Fsp3) is 0.444. The van der Waals surface area contributed by atoms with Crippen LogP contribution in [0.25, 0.3) is 0 Å². The van der Waals surface area contributed by atoms with E-state index in [4.69, 9.17) is 4.74 Å². The maximum absolute atomic E-state index is 13.9. The number of aromatic hydroxyl groups is 1. The monoisotopic (exact) mass is 531 g/mol. The van der Waals surface area contributed by atoms with Crippen LogP contribution in [0.1, 0.15) is 44.4 Å². The van der Waals surface area contributed by atoms with Gasteiger partial charge in [-0.25, -0.2) is 4.79 Å². The SMILES string of the molecule is CSCCC(NC(=O)OC(C)(C)C)C(=O)N(CCO)C(C(=O)Nc1ccccc1C)c1ccc(O)cc1. The number of ether oxygens (including phenoxy) is 1. The highest BCUT2D eigenvalue weighted by atomic mass is 32.2. The molecule has 2 aromatic rings. The summed E-state index contributed by atoms with van der Waals surface area (Å²) in [5, 5.41) is 25.2. The zero-order valence-corrected chi connectivity index (χ0v) is 22.8. The van der Waals surface area contributed by atoms with Crippen LogP contribution in [0.4, 0.5) is 10.5 Å². The summed E-state index contributed by atoms with van der Waals surface area (Å²) in [6.07, 6.45) is 1.43. The lowest BCUT2D eigenvalue weighted by atomic mass is 10.0. The van der Waals surface area contributed by atoms with Crippen LogP contribution < -0.4 is 10.6 Å². The van der Waals surface area contributed by atoms with Crippen molar-refractivity contribution in [3.05, 3.63) is 59.7 Å². The minimum absolute atomic E-state index is 0.00582. The molecular weight excluding hydrogens is 494 g/mol. The Bertz CT molecular complexity index is 1050. The van der Waals surface area contributed by atoms with E-state index in [0.29, 0.717) is 23.4 Å². The molecule has 0 saturated carbocycles. The maximum Gasteiger partial charge on any atom is 0.408 e. The fourth-order valence-electron chi connectivity index (χ4n) is 3.66. The first-order valence-electron chi connectivity index (χ1n) is 12.0. The van der Waals surface area contributed by atoms with Gasteiger partial charge in [0, 0.05) is 12.2 Å². The molecule has 3 amide bonds. The van der Waals surface area contributed by atoms with Crippen LogP contribution in [0.15, 0.2) is 48.5 Å². The van der Waals surface area contributed by atoms with Gasteiger partial charge in [0.15, 0.2) is 0 Å². The number of anilines is 1. The number of nitrogens with one attached hydrogen (secondary N) is 2. The first-order chi connectivity index (χ1) is 17.5. The highest BCUT2D eigenvalue weighted by molar-refractivity contribution is 7.98. The molecule has 4 N–H and O–H groups in total. The third-order valence-corrected chi connectivity index (χ3v) is 6.04. The fourth-order valence-corrected chi connectivity index (χ4v) is 4.13. The molecule has 0 saturated heterocycles. The van der Waals surface area contributed by atoms with E-state index in [1.165, 1.54) is 28.8 Å². The van der Waals surface area contributed by atoms with E-state index < -0.39 is 42.2 Å². The van der Waals surface area contributed by atoms with E-state index in [1.54, 1.807) is 45.0 Å². The highest BCUT2D eigenvalue weighted by Crippen LogP contribution is 2.27. The number of thioether (sulfide) groups is 1. The lowest BCUT2D eigenvalue weighted by Crippen LogP contribution is -2.53. The van der Waals surface area contributed by atoms with E-state index in [2.05, 4.69) is 10.6 Å². The van der Waals surface area contributed by atoms with Crippen molar-refractivity contribution in [2.24, 2.45) is 0 Å². The Kier molecular flexibility index (Phi) is 11.3. The number of carbonyl (C=O) groups is 3. The summed E-state index contributed by atoms with van der Waals surface area (Å²) >= 11 is 1.51. The number of phenols is 1. The summed E-state index contributed by atoms with van der Waals surface area (Å²) < 4.78 is 5.35. The molecule has 10 heteroatoms. The Hall–Kier alpha value is -3.24. The van der Waals surface area contributed by atoms with Crippen molar-refractivity contribution >= 4 is 35.4 Å². The second-order valence-corrected chi connectivity index (χ2v) is 10.5. The van der Waals surface area contributed by atoms with E-state index in [-0.39, 0.29) is 12.3 Å².